The quantitative estimate of drug-likeness (QED) is 0.770. The summed E-state index contributed by atoms with van der Waals surface area (Å²) in [6.07, 6.45) is 8.20. The second-order valence-electron chi connectivity index (χ2n) is 7.88. The average Bonchev–Trinajstić information content (AvgIpc) is 3.11. The molecule has 1 fully saturated rings. The fraction of sp³-hybridized carbons (Fsp3) is 0.550. The normalized spacial score (nSPS) is 17.8. The van der Waals surface area contributed by atoms with Crippen molar-refractivity contribution in [1.82, 2.24) is 10.2 Å². The molecular weight excluding hydrogens is 408 g/mol. The zero-order valence-electron chi connectivity index (χ0n) is 16.6. The first kappa shape index (κ1) is 20.3. The van der Waals surface area contributed by atoms with E-state index in [4.69, 9.17) is 0 Å². The fourth-order valence-corrected chi connectivity index (χ4v) is 6.13. The molecule has 0 spiro atoms. The largest absolute Gasteiger partial charge is 0.312 e. The molecule has 7 nitrogen and oxygen atoms in total. The maximum atomic E-state index is 12.9. The number of nitrogens with zero attached hydrogens (tertiary/aromatic N) is 3. The van der Waals surface area contributed by atoms with Crippen molar-refractivity contribution in [3.8, 4) is 0 Å². The van der Waals surface area contributed by atoms with Crippen LogP contribution in [-0.4, -0.2) is 31.1 Å². The van der Waals surface area contributed by atoms with Gasteiger partial charge in [-0.15, -0.1) is 10.2 Å². The van der Waals surface area contributed by atoms with E-state index in [0.717, 1.165) is 36.9 Å². The van der Waals surface area contributed by atoms with Crippen molar-refractivity contribution >= 4 is 38.1 Å². The summed E-state index contributed by atoms with van der Waals surface area (Å²) >= 11 is 1.19. The number of fused-ring (bicyclic) bond motifs is 1. The van der Waals surface area contributed by atoms with Crippen LogP contribution in [0.4, 0.5) is 10.8 Å². The number of aryl methyl sites for hydroxylation is 2. The van der Waals surface area contributed by atoms with E-state index in [1.807, 2.05) is 4.90 Å². The molecule has 1 aliphatic carbocycles. The second-order valence-corrected chi connectivity index (χ2v) is 10.7. The summed E-state index contributed by atoms with van der Waals surface area (Å²) in [5, 5.41) is 8.62. The molecule has 0 unspecified atom stereocenters. The average molecular weight is 435 g/mol. The first-order valence-corrected chi connectivity index (χ1v) is 12.5. The number of hydrogen-bond donors (Lipinski definition) is 1. The van der Waals surface area contributed by atoms with Gasteiger partial charge in [0.2, 0.25) is 11.0 Å². The summed E-state index contributed by atoms with van der Waals surface area (Å²) in [6, 6.07) is 5.03. The van der Waals surface area contributed by atoms with Gasteiger partial charge in [-0.25, -0.2) is 8.42 Å². The number of hydrogen-bond acceptors (Lipinski definition) is 6. The van der Waals surface area contributed by atoms with Crippen molar-refractivity contribution in [2.45, 2.75) is 63.2 Å². The first-order valence-electron chi connectivity index (χ1n) is 10.2. The van der Waals surface area contributed by atoms with Gasteiger partial charge < -0.3 is 4.90 Å². The van der Waals surface area contributed by atoms with Crippen LogP contribution in [-0.2, 0) is 21.2 Å². The van der Waals surface area contributed by atoms with E-state index in [-0.39, 0.29) is 15.9 Å². The molecule has 0 saturated heterocycles. The monoisotopic (exact) mass is 434 g/mol. The fourth-order valence-electron chi connectivity index (χ4n) is 4.26. The molecule has 2 aliphatic rings. The van der Waals surface area contributed by atoms with Crippen LogP contribution in [0.2, 0.25) is 0 Å². The summed E-state index contributed by atoms with van der Waals surface area (Å²) in [7, 11) is -3.74. The molecule has 0 bridgehead atoms. The van der Waals surface area contributed by atoms with Crippen molar-refractivity contribution in [2.75, 3.05) is 16.2 Å². The van der Waals surface area contributed by atoms with Gasteiger partial charge in [0.1, 0.15) is 5.01 Å². The lowest BCUT2D eigenvalue weighted by Gasteiger charge is -2.31. The number of nitrogens with one attached hydrogen (secondary N) is 1. The lowest BCUT2D eigenvalue weighted by molar-refractivity contribution is -0.119. The Morgan fingerprint density at radius 3 is 2.72 bits per heavy atom. The van der Waals surface area contributed by atoms with Crippen molar-refractivity contribution in [3.05, 3.63) is 28.8 Å². The van der Waals surface area contributed by atoms with E-state index in [2.05, 4.69) is 14.9 Å². The van der Waals surface area contributed by atoms with E-state index >= 15 is 0 Å². The number of rotatable bonds is 5. The lowest BCUT2D eigenvalue weighted by atomic mass is 9.86. The van der Waals surface area contributed by atoms with Gasteiger partial charge in [-0.1, -0.05) is 30.6 Å². The number of aromatic nitrogens is 2. The Balaban J connectivity index is 1.52. The highest BCUT2D eigenvalue weighted by Crippen LogP contribution is 2.33. The highest BCUT2D eigenvalue weighted by atomic mass is 32.2. The number of benzene rings is 1. The van der Waals surface area contributed by atoms with Gasteiger partial charge in [0.15, 0.2) is 0 Å². The van der Waals surface area contributed by atoms with Crippen molar-refractivity contribution < 1.29 is 13.2 Å². The first-order chi connectivity index (χ1) is 13.9. The van der Waals surface area contributed by atoms with Gasteiger partial charge in [0.05, 0.1) is 4.90 Å². The molecule has 0 atom stereocenters. The minimum Gasteiger partial charge on any atom is -0.312 e. The lowest BCUT2D eigenvalue weighted by Crippen LogP contribution is -2.36. The molecule has 29 heavy (non-hydrogen) atoms. The maximum Gasteiger partial charge on any atom is 0.263 e. The highest BCUT2D eigenvalue weighted by Gasteiger charge is 2.27. The van der Waals surface area contributed by atoms with E-state index in [1.54, 1.807) is 25.1 Å². The van der Waals surface area contributed by atoms with Crippen LogP contribution in [0.25, 0.3) is 0 Å². The van der Waals surface area contributed by atoms with E-state index in [0.29, 0.717) is 23.9 Å². The van der Waals surface area contributed by atoms with Gasteiger partial charge in [0, 0.05) is 18.7 Å². The molecule has 9 heteroatoms. The minimum absolute atomic E-state index is 0.163. The molecule has 2 heterocycles. The molecule has 2 aromatic rings. The molecule has 0 radical (unpaired) electrons. The van der Waals surface area contributed by atoms with Crippen LogP contribution < -0.4 is 9.62 Å². The molecule has 4 rings (SSSR count). The standard InChI is InChI=1S/C20H26N4O3S2/c1-14-21-22-20(28-14)23-29(26,27)17-9-10-18-16(13-17)8-5-11-24(18)19(25)12-15-6-3-2-4-7-15/h9-10,13,15H,2-8,11-12H2,1H3,(H,22,23). The number of amides is 1. The maximum absolute atomic E-state index is 12.9. The topological polar surface area (TPSA) is 92.3 Å². The molecule has 1 aliphatic heterocycles. The molecule has 1 saturated carbocycles. The number of carbonyl (C=O) groups excluding carboxylic acids is 1. The van der Waals surface area contributed by atoms with Crippen LogP contribution in [0.1, 0.15) is 55.5 Å². The molecule has 1 aromatic heterocycles. The highest BCUT2D eigenvalue weighted by molar-refractivity contribution is 7.93. The van der Waals surface area contributed by atoms with Gasteiger partial charge in [-0.2, -0.15) is 0 Å². The van der Waals surface area contributed by atoms with Crippen molar-refractivity contribution in [2.24, 2.45) is 5.92 Å². The number of anilines is 2. The zero-order chi connectivity index (χ0) is 20.4. The summed E-state index contributed by atoms with van der Waals surface area (Å²) in [6.45, 7) is 2.47. The van der Waals surface area contributed by atoms with Gasteiger partial charge in [0.25, 0.3) is 10.0 Å². The Labute approximate surface area is 175 Å². The van der Waals surface area contributed by atoms with Crippen LogP contribution in [0.15, 0.2) is 23.1 Å². The molecular formula is C20H26N4O3S2. The SMILES string of the molecule is Cc1nnc(NS(=O)(=O)c2ccc3c(c2)CCCN3C(=O)CC2CCCCC2)s1. The van der Waals surface area contributed by atoms with Gasteiger partial charge in [-0.3, -0.25) is 9.52 Å². The van der Waals surface area contributed by atoms with Crippen LogP contribution in [0, 0.1) is 12.8 Å². The second kappa shape index (κ2) is 8.39. The summed E-state index contributed by atoms with van der Waals surface area (Å²) < 4.78 is 27.9. The summed E-state index contributed by atoms with van der Waals surface area (Å²) in [5.41, 5.74) is 1.76. The smallest absolute Gasteiger partial charge is 0.263 e. The van der Waals surface area contributed by atoms with Crippen LogP contribution >= 0.6 is 11.3 Å². The minimum atomic E-state index is -3.74. The van der Waals surface area contributed by atoms with E-state index in [1.165, 1.54) is 30.6 Å². The Hall–Kier alpha value is -2.00. The molecule has 156 valence electrons. The van der Waals surface area contributed by atoms with Gasteiger partial charge in [-0.05, 0) is 62.3 Å². The molecule has 1 N–H and O–H groups in total. The van der Waals surface area contributed by atoms with E-state index in [9.17, 15) is 13.2 Å². The van der Waals surface area contributed by atoms with Crippen molar-refractivity contribution in [1.29, 1.82) is 0 Å². The Morgan fingerprint density at radius 2 is 2.00 bits per heavy atom. The van der Waals surface area contributed by atoms with Crippen molar-refractivity contribution in [3.63, 3.8) is 0 Å². The Bertz CT molecular complexity index is 997. The number of sulfonamides is 1. The molecule has 1 aromatic carbocycles. The Kier molecular flexibility index (Phi) is 5.87. The predicted octanol–water partition coefficient (Wildman–Crippen LogP) is 3.90. The van der Waals surface area contributed by atoms with Crippen LogP contribution in [0.5, 0.6) is 0 Å². The summed E-state index contributed by atoms with van der Waals surface area (Å²) in [4.78, 5) is 15.0. The van der Waals surface area contributed by atoms with Crippen LogP contribution in [0.3, 0.4) is 0 Å². The third kappa shape index (κ3) is 4.61. The third-order valence-corrected chi connectivity index (χ3v) is 7.94. The van der Waals surface area contributed by atoms with Gasteiger partial charge >= 0.3 is 0 Å². The Morgan fingerprint density at radius 1 is 1.21 bits per heavy atom. The number of carbonyl (C=O) groups is 1. The predicted molar refractivity (Wildman–Crippen MR) is 114 cm³/mol. The summed E-state index contributed by atoms with van der Waals surface area (Å²) in [5.74, 6) is 0.650. The van der Waals surface area contributed by atoms with E-state index < -0.39 is 10.0 Å². The molecule has 1 amide bonds. The third-order valence-electron chi connectivity index (χ3n) is 5.72. The zero-order valence-corrected chi connectivity index (χ0v) is 18.2.